The second-order valence-corrected chi connectivity index (χ2v) is 16.7. The lowest BCUT2D eigenvalue weighted by Gasteiger charge is -2.34. The van der Waals surface area contributed by atoms with Crippen molar-refractivity contribution < 1.29 is 28.7 Å². The maximum absolute atomic E-state index is 12.1. The molecule has 0 bridgehead atoms. The van der Waals surface area contributed by atoms with Crippen LogP contribution in [0.25, 0.3) is 0 Å². The Labute approximate surface area is 302 Å². The molecule has 2 fully saturated rings. The topological polar surface area (TPSA) is 93.2 Å². The van der Waals surface area contributed by atoms with Gasteiger partial charge in [-0.25, -0.2) is 9.59 Å². The van der Waals surface area contributed by atoms with E-state index in [0.29, 0.717) is 22.9 Å². The zero-order chi connectivity index (χ0) is 34.7. The SMILES string of the molecule is CC(C)(C)OC(=O)N1CCC(I)CC1.Cc1ccc(C=O)c(C2CCN(C(=O)OC(C)(C)C)CC2)c1.Cc1ccc(C=O)c(I)c1. The third-order valence-electron chi connectivity index (χ3n) is 7.31. The predicted octanol–water partition coefficient (Wildman–Crippen LogP) is 9.16. The van der Waals surface area contributed by atoms with Crippen LogP contribution in [-0.4, -0.2) is 75.9 Å². The quantitative estimate of drug-likeness (QED) is 0.174. The highest BCUT2D eigenvalue weighted by Gasteiger charge is 2.28. The number of carbonyl (C=O) groups excluding carboxylic acids is 4. The summed E-state index contributed by atoms with van der Waals surface area (Å²) in [6.07, 6.45) is 5.29. The predicted molar refractivity (Wildman–Crippen MR) is 200 cm³/mol. The molecular formula is C36H50I2N2O6. The lowest BCUT2D eigenvalue weighted by Crippen LogP contribution is -2.41. The Morgan fingerprint density at radius 2 is 1.13 bits per heavy atom. The van der Waals surface area contributed by atoms with Gasteiger partial charge in [0.2, 0.25) is 0 Å². The average Bonchev–Trinajstić information content (AvgIpc) is 2.96. The van der Waals surface area contributed by atoms with E-state index in [9.17, 15) is 19.2 Å². The van der Waals surface area contributed by atoms with Crippen molar-refractivity contribution in [3.8, 4) is 0 Å². The van der Waals surface area contributed by atoms with Crippen molar-refractivity contribution in [3.05, 3.63) is 67.8 Å². The molecule has 0 unspecified atom stereocenters. The first-order valence-corrected chi connectivity index (χ1v) is 18.1. The highest BCUT2D eigenvalue weighted by Crippen LogP contribution is 2.31. The van der Waals surface area contributed by atoms with E-state index in [4.69, 9.17) is 9.47 Å². The fourth-order valence-electron chi connectivity index (χ4n) is 4.94. The number of alkyl halides is 1. The van der Waals surface area contributed by atoms with Gasteiger partial charge < -0.3 is 19.3 Å². The molecule has 2 aliphatic heterocycles. The molecule has 0 N–H and O–H groups in total. The summed E-state index contributed by atoms with van der Waals surface area (Å²) >= 11 is 4.59. The van der Waals surface area contributed by atoms with Gasteiger partial charge in [0.1, 0.15) is 17.5 Å². The summed E-state index contributed by atoms with van der Waals surface area (Å²) in [6.45, 7) is 18.4. The molecule has 2 aromatic carbocycles. The number of benzene rings is 2. The number of piperidine rings is 2. The van der Waals surface area contributed by atoms with E-state index in [2.05, 4.69) is 51.2 Å². The highest BCUT2D eigenvalue weighted by atomic mass is 127. The third-order valence-corrected chi connectivity index (χ3v) is 9.49. The van der Waals surface area contributed by atoms with Crippen molar-refractivity contribution in [2.45, 2.75) is 102 Å². The maximum atomic E-state index is 12.1. The molecule has 0 spiro atoms. The fraction of sp³-hybridized carbons (Fsp3) is 0.556. The van der Waals surface area contributed by atoms with Gasteiger partial charge in [-0.15, -0.1) is 0 Å². The number of hydrogen-bond acceptors (Lipinski definition) is 6. The van der Waals surface area contributed by atoms with Gasteiger partial charge in [0.05, 0.1) is 0 Å². The molecule has 8 nitrogen and oxygen atoms in total. The number of aldehydes is 2. The molecular weight excluding hydrogens is 810 g/mol. The van der Waals surface area contributed by atoms with Crippen molar-refractivity contribution in [3.63, 3.8) is 0 Å². The van der Waals surface area contributed by atoms with Gasteiger partial charge in [0.25, 0.3) is 0 Å². The number of halogens is 2. The minimum Gasteiger partial charge on any atom is -0.444 e. The summed E-state index contributed by atoms with van der Waals surface area (Å²) in [7, 11) is 0. The van der Waals surface area contributed by atoms with E-state index in [0.717, 1.165) is 77.2 Å². The van der Waals surface area contributed by atoms with E-state index in [1.165, 1.54) is 5.56 Å². The van der Waals surface area contributed by atoms with Crippen LogP contribution in [0.4, 0.5) is 9.59 Å². The summed E-state index contributed by atoms with van der Waals surface area (Å²) in [5.41, 5.74) is 4.16. The molecule has 0 aliphatic carbocycles. The van der Waals surface area contributed by atoms with E-state index in [1.807, 2.05) is 85.7 Å². The number of ether oxygens (including phenoxy) is 2. The van der Waals surface area contributed by atoms with Crippen LogP contribution in [0.2, 0.25) is 0 Å². The minimum absolute atomic E-state index is 0.166. The Hall–Kier alpha value is -2.22. The first-order valence-electron chi connectivity index (χ1n) is 15.8. The Morgan fingerprint density at radius 1 is 0.717 bits per heavy atom. The van der Waals surface area contributed by atoms with Gasteiger partial charge in [0.15, 0.2) is 6.29 Å². The average molecular weight is 861 g/mol. The lowest BCUT2D eigenvalue weighted by molar-refractivity contribution is 0.0199. The Kier molecular flexibility index (Phi) is 15.9. The van der Waals surface area contributed by atoms with Gasteiger partial charge in [-0.1, -0.05) is 64.0 Å². The number of carbonyl (C=O) groups is 4. The standard InChI is InChI=1S/C18H25NO3.C10H18INO2.C8H7IO/c1-13-5-6-15(12-20)16(11-13)14-7-9-19(10-8-14)17(21)22-18(2,3)4;1-10(2,3)14-9(13)12-6-4-8(11)5-7-12;1-6-2-3-7(5-10)8(9)4-6/h5-6,11-12,14H,7-10H2,1-4H3;8H,4-7H2,1-3H3;2-5H,1H3. The van der Waals surface area contributed by atoms with E-state index < -0.39 is 5.60 Å². The molecule has 0 atom stereocenters. The van der Waals surface area contributed by atoms with Crippen LogP contribution in [0, 0.1) is 17.4 Å². The Balaban J connectivity index is 0.000000262. The summed E-state index contributed by atoms with van der Waals surface area (Å²) < 4.78 is 12.4. The molecule has 0 saturated carbocycles. The highest BCUT2D eigenvalue weighted by molar-refractivity contribution is 14.1. The largest absolute Gasteiger partial charge is 0.444 e. The van der Waals surface area contributed by atoms with Crippen LogP contribution in [0.15, 0.2) is 36.4 Å². The number of nitrogens with zero attached hydrogens (tertiary/aromatic N) is 2. The normalized spacial score (nSPS) is 15.9. The first-order chi connectivity index (χ1) is 21.4. The molecule has 10 heteroatoms. The second kappa shape index (κ2) is 18.4. The molecule has 2 saturated heterocycles. The molecule has 2 aliphatic rings. The maximum Gasteiger partial charge on any atom is 0.410 e. The van der Waals surface area contributed by atoms with Gasteiger partial charge in [-0.3, -0.25) is 9.59 Å². The number of hydrogen-bond donors (Lipinski definition) is 0. The van der Waals surface area contributed by atoms with Crippen LogP contribution >= 0.6 is 45.2 Å². The minimum atomic E-state index is -0.463. The zero-order valence-electron chi connectivity index (χ0n) is 28.5. The lowest BCUT2D eigenvalue weighted by atomic mass is 9.86. The third kappa shape index (κ3) is 14.3. The van der Waals surface area contributed by atoms with E-state index >= 15 is 0 Å². The smallest absolute Gasteiger partial charge is 0.410 e. The summed E-state index contributed by atoms with van der Waals surface area (Å²) in [5.74, 6) is 0.332. The molecule has 46 heavy (non-hydrogen) atoms. The van der Waals surface area contributed by atoms with E-state index in [1.54, 1.807) is 9.80 Å². The molecule has 254 valence electrons. The summed E-state index contributed by atoms with van der Waals surface area (Å²) in [5, 5.41) is 0. The molecule has 2 aromatic rings. The molecule has 2 heterocycles. The van der Waals surface area contributed by atoms with Crippen LogP contribution in [0.3, 0.4) is 0 Å². The number of amides is 2. The summed E-state index contributed by atoms with van der Waals surface area (Å²) in [4.78, 5) is 48.8. The van der Waals surface area contributed by atoms with Crippen molar-refractivity contribution in [2.75, 3.05) is 26.2 Å². The molecule has 4 rings (SSSR count). The van der Waals surface area contributed by atoms with Crippen LogP contribution < -0.4 is 0 Å². The Bertz CT molecular complexity index is 1320. The second-order valence-electron chi connectivity index (χ2n) is 13.8. The van der Waals surface area contributed by atoms with Gasteiger partial charge in [-0.05, 0) is 121 Å². The van der Waals surface area contributed by atoms with Gasteiger partial charge >= 0.3 is 12.2 Å². The Morgan fingerprint density at radius 3 is 1.54 bits per heavy atom. The van der Waals surface area contributed by atoms with Crippen molar-refractivity contribution in [1.82, 2.24) is 9.80 Å². The van der Waals surface area contributed by atoms with Crippen molar-refractivity contribution in [2.24, 2.45) is 0 Å². The molecule has 0 aromatic heterocycles. The van der Waals surface area contributed by atoms with Gasteiger partial charge in [0, 0.05) is 44.8 Å². The van der Waals surface area contributed by atoms with Crippen molar-refractivity contribution in [1.29, 1.82) is 0 Å². The number of likely N-dealkylation sites (tertiary alicyclic amines) is 2. The van der Waals surface area contributed by atoms with Gasteiger partial charge in [-0.2, -0.15) is 0 Å². The number of rotatable bonds is 3. The number of aryl methyl sites for hydroxylation is 2. The molecule has 2 amide bonds. The first kappa shape index (κ1) is 40.0. The van der Waals surface area contributed by atoms with Crippen LogP contribution in [0.5, 0.6) is 0 Å². The monoisotopic (exact) mass is 860 g/mol. The fourth-order valence-corrected chi connectivity index (χ4v) is 6.29. The zero-order valence-corrected chi connectivity index (χ0v) is 32.8. The van der Waals surface area contributed by atoms with Crippen LogP contribution in [0.1, 0.15) is 111 Å². The van der Waals surface area contributed by atoms with E-state index in [-0.39, 0.29) is 17.8 Å². The summed E-state index contributed by atoms with van der Waals surface area (Å²) in [6, 6.07) is 11.7. The van der Waals surface area contributed by atoms with Crippen molar-refractivity contribution >= 4 is 69.9 Å². The van der Waals surface area contributed by atoms with Crippen LogP contribution in [-0.2, 0) is 9.47 Å². The molecule has 0 radical (unpaired) electrons.